The van der Waals surface area contributed by atoms with Crippen LogP contribution in [0, 0.1) is 13.8 Å². The molecular formula is C12H13N3O2S. The fraction of sp³-hybridized carbons (Fsp3) is 0.250. The van der Waals surface area contributed by atoms with Crippen LogP contribution in [0.25, 0.3) is 0 Å². The van der Waals surface area contributed by atoms with Crippen LogP contribution in [0.5, 0.6) is 0 Å². The van der Waals surface area contributed by atoms with Crippen molar-refractivity contribution in [3.63, 3.8) is 0 Å². The van der Waals surface area contributed by atoms with Crippen molar-refractivity contribution < 1.29 is 9.90 Å². The summed E-state index contributed by atoms with van der Waals surface area (Å²) < 4.78 is 4.06. The number of nitrogens with one attached hydrogen (secondary N) is 1. The topological polar surface area (TPSA) is 75.1 Å². The van der Waals surface area contributed by atoms with Gasteiger partial charge in [0.1, 0.15) is 10.6 Å². The number of hydrogen-bond acceptors (Lipinski definition) is 5. The van der Waals surface area contributed by atoms with Crippen LogP contribution < -0.4 is 5.32 Å². The lowest BCUT2D eigenvalue weighted by Gasteiger charge is -2.07. The number of carboxylic acid groups (broad SMARTS) is 1. The number of hydrogen-bond donors (Lipinski definition) is 2. The third kappa shape index (κ3) is 2.48. The van der Waals surface area contributed by atoms with Crippen molar-refractivity contribution in [1.82, 2.24) is 9.36 Å². The quantitative estimate of drug-likeness (QED) is 0.886. The number of carboxylic acids is 1. The van der Waals surface area contributed by atoms with Crippen molar-refractivity contribution in [1.29, 1.82) is 0 Å². The molecule has 2 rings (SSSR count). The summed E-state index contributed by atoms with van der Waals surface area (Å²) >= 11 is 1.17. The van der Waals surface area contributed by atoms with Crippen molar-refractivity contribution in [3.8, 4) is 0 Å². The van der Waals surface area contributed by atoms with E-state index in [2.05, 4.69) is 14.7 Å². The van der Waals surface area contributed by atoms with Crippen molar-refractivity contribution >= 4 is 22.5 Å². The molecule has 0 unspecified atom stereocenters. The maximum atomic E-state index is 11.1. The fourth-order valence-corrected chi connectivity index (χ4v) is 2.38. The van der Waals surface area contributed by atoms with E-state index < -0.39 is 5.97 Å². The molecule has 0 aliphatic heterocycles. The van der Waals surface area contributed by atoms with Gasteiger partial charge in [0, 0.05) is 18.9 Å². The lowest BCUT2D eigenvalue weighted by Crippen LogP contribution is -2.05. The molecule has 5 nitrogen and oxygen atoms in total. The third-order valence-corrected chi connectivity index (χ3v) is 3.56. The van der Waals surface area contributed by atoms with Crippen molar-refractivity contribution in [2.45, 2.75) is 20.4 Å². The molecule has 0 radical (unpaired) electrons. The van der Waals surface area contributed by atoms with E-state index in [-0.39, 0.29) is 5.56 Å². The van der Waals surface area contributed by atoms with Gasteiger partial charge in [0.25, 0.3) is 0 Å². The van der Waals surface area contributed by atoms with Gasteiger partial charge in [0.05, 0.1) is 5.69 Å². The van der Waals surface area contributed by atoms with E-state index in [0.29, 0.717) is 17.2 Å². The van der Waals surface area contributed by atoms with Crippen LogP contribution in [-0.4, -0.2) is 20.4 Å². The summed E-state index contributed by atoms with van der Waals surface area (Å²) in [5, 5.41) is 12.8. The smallest absolute Gasteiger partial charge is 0.340 e. The van der Waals surface area contributed by atoms with Gasteiger partial charge in [-0.2, -0.15) is 4.37 Å². The van der Waals surface area contributed by atoms with Crippen LogP contribution in [0.2, 0.25) is 0 Å². The Labute approximate surface area is 109 Å². The molecule has 0 atom stereocenters. The Balaban J connectivity index is 2.16. The van der Waals surface area contributed by atoms with Gasteiger partial charge in [-0.3, -0.25) is 4.98 Å². The molecule has 2 aromatic rings. The van der Waals surface area contributed by atoms with Crippen LogP contribution in [0.4, 0.5) is 5.00 Å². The van der Waals surface area contributed by atoms with Gasteiger partial charge >= 0.3 is 5.97 Å². The molecule has 94 valence electrons. The summed E-state index contributed by atoms with van der Waals surface area (Å²) in [5.74, 6) is -0.952. The Bertz CT molecular complexity index is 580. The number of carbonyl (C=O) groups is 1. The Hall–Kier alpha value is -1.95. The molecule has 2 aromatic heterocycles. The highest BCUT2D eigenvalue weighted by Crippen LogP contribution is 2.25. The number of aryl methyl sites for hydroxylation is 2. The predicted octanol–water partition coefficient (Wildman–Crippen LogP) is 2.47. The second-order valence-electron chi connectivity index (χ2n) is 3.93. The average molecular weight is 263 g/mol. The molecule has 18 heavy (non-hydrogen) atoms. The first-order valence-corrected chi connectivity index (χ1v) is 6.20. The number of aromatic nitrogens is 2. The SMILES string of the molecule is Cc1ccncc1CNc1snc(C)c1C(=O)O. The molecule has 0 aliphatic carbocycles. The molecule has 0 spiro atoms. The van der Waals surface area contributed by atoms with Gasteiger partial charge in [-0.25, -0.2) is 4.79 Å². The number of aromatic carboxylic acids is 1. The van der Waals surface area contributed by atoms with Crippen LogP contribution in [-0.2, 0) is 6.54 Å². The van der Waals surface area contributed by atoms with Crippen LogP contribution in [0.1, 0.15) is 27.2 Å². The Morgan fingerprint density at radius 2 is 2.28 bits per heavy atom. The van der Waals surface area contributed by atoms with Gasteiger partial charge in [0.2, 0.25) is 0 Å². The highest BCUT2D eigenvalue weighted by Gasteiger charge is 2.17. The number of anilines is 1. The van der Waals surface area contributed by atoms with Crippen LogP contribution in [0.15, 0.2) is 18.5 Å². The first kappa shape index (κ1) is 12.5. The van der Waals surface area contributed by atoms with Crippen LogP contribution in [0.3, 0.4) is 0 Å². The van der Waals surface area contributed by atoms with Crippen molar-refractivity contribution in [2.24, 2.45) is 0 Å². The molecule has 0 bridgehead atoms. The maximum Gasteiger partial charge on any atom is 0.340 e. The largest absolute Gasteiger partial charge is 0.478 e. The highest BCUT2D eigenvalue weighted by molar-refractivity contribution is 7.10. The minimum absolute atomic E-state index is 0.251. The second kappa shape index (κ2) is 5.14. The number of rotatable bonds is 4. The summed E-state index contributed by atoms with van der Waals surface area (Å²) in [5.41, 5.74) is 2.95. The summed E-state index contributed by atoms with van der Waals surface area (Å²) in [6.45, 7) is 4.23. The van der Waals surface area contributed by atoms with E-state index in [1.54, 1.807) is 19.3 Å². The Morgan fingerprint density at radius 3 is 2.94 bits per heavy atom. The summed E-state index contributed by atoms with van der Waals surface area (Å²) in [6.07, 6.45) is 3.51. The lowest BCUT2D eigenvalue weighted by atomic mass is 10.1. The Kier molecular flexibility index (Phi) is 3.57. The number of pyridine rings is 1. The minimum atomic E-state index is -0.952. The minimum Gasteiger partial charge on any atom is -0.478 e. The zero-order valence-electron chi connectivity index (χ0n) is 10.1. The third-order valence-electron chi connectivity index (χ3n) is 2.66. The van der Waals surface area contributed by atoms with Gasteiger partial charge in [-0.1, -0.05) is 0 Å². The summed E-state index contributed by atoms with van der Waals surface area (Å²) in [4.78, 5) is 15.1. The molecule has 0 amide bonds. The molecule has 6 heteroatoms. The summed E-state index contributed by atoms with van der Waals surface area (Å²) in [7, 11) is 0. The standard InChI is InChI=1S/C12H13N3O2S/c1-7-3-4-13-5-9(7)6-14-11-10(12(16)17)8(2)15-18-11/h3-5,14H,6H2,1-2H3,(H,16,17). The van der Waals surface area contributed by atoms with E-state index >= 15 is 0 Å². The maximum absolute atomic E-state index is 11.1. The predicted molar refractivity (Wildman–Crippen MR) is 70.1 cm³/mol. The molecule has 0 saturated carbocycles. The van der Waals surface area contributed by atoms with Gasteiger partial charge in [-0.15, -0.1) is 0 Å². The molecular weight excluding hydrogens is 250 g/mol. The molecule has 0 aromatic carbocycles. The highest BCUT2D eigenvalue weighted by atomic mass is 32.1. The van der Waals surface area contributed by atoms with E-state index in [9.17, 15) is 4.79 Å². The van der Waals surface area contributed by atoms with Crippen molar-refractivity contribution in [2.75, 3.05) is 5.32 Å². The van der Waals surface area contributed by atoms with E-state index in [1.807, 2.05) is 13.0 Å². The fourth-order valence-electron chi connectivity index (χ4n) is 1.60. The zero-order valence-corrected chi connectivity index (χ0v) is 10.9. The van der Waals surface area contributed by atoms with Gasteiger partial charge in [-0.05, 0) is 42.6 Å². The average Bonchev–Trinajstić information content (AvgIpc) is 2.69. The van der Waals surface area contributed by atoms with E-state index in [1.165, 1.54) is 11.5 Å². The first-order valence-electron chi connectivity index (χ1n) is 5.42. The zero-order chi connectivity index (χ0) is 13.1. The normalized spacial score (nSPS) is 10.3. The Morgan fingerprint density at radius 1 is 1.50 bits per heavy atom. The number of nitrogens with zero attached hydrogens (tertiary/aromatic N) is 2. The van der Waals surface area contributed by atoms with Crippen LogP contribution >= 0.6 is 11.5 Å². The molecule has 2 N–H and O–H groups in total. The summed E-state index contributed by atoms with van der Waals surface area (Å²) in [6, 6.07) is 1.92. The second-order valence-corrected chi connectivity index (χ2v) is 4.71. The van der Waals surface area contributed by atoms with E-state index in [0.717, 1.165) is 11.1 Å². The molecule has 0 fully saturated rings. The monoisotopic (exact) mass is 263 g/mol. The lowest BCUT2D eigenvalue weighted by molar-refractivity contribution is 0.0697. The van der Waals surface area contributed by atoms with E-state index in [4.69, 9.17) is 5.11 Å². The van der Waals surface area contributed by atoms with Crippen molar-refractivity contribution in [3.05, 3.63) is 40.8 Å². The molecule has 0 saturated heterocycles. The van der Waals surface area contributed by atoms with Gasteiger partial charge in [0.15, 0.2) is 0 Å². The first-order chi connectivity index (χ1) is 8.59. The van der Waals surface area contributed by atoms with Gasteiger partial charge < -0.3 is 10.4 Å². The molecule has 2 heterocycles. The molecule has 0 aliphatic rings.